The van der Waals surface area contributed by atoms with E-state index in [4.69, 9.17) is 5.11 Å². The Labute approximate surface area is 81.3 Å². The second-order valence-electron chi connectivity index (χ2n) is 2.47. The molecule has 0 aliphatic rings. The molecule has 0 radical (unpaired) electrons. The third kappa shape index (κ3) is 1.87. The molecule has 0 amide bonds. The van der Waals surface area contributed by atoms with E-state index in [1.54, 1.807) is 0 Å². The zero-order valence-electron chi connectivity index (χ0n) is 7.05. The van der Waals surface area contributed by atoms with Crippen molar-refractivity contribution in [1.82, 2.24) is 4.98 Å². The van der Waals surface area contributed by atoms with E-state index >= 15 is 0 Å². The van der Waals surface area contributed by atoms with Crippen LogP contribution < -0.4 is 0 Å². The number of hydrogen-bond donors (Lipinski definition) is 1. The average Bonchev–Trinajstić information content (AvgIpc) is 2.16. The lowest BCUT2D eigenvalue weighted by Crippen LogP contribution is -2.03. The van der Waals surface area contributed by atoms with Gasteiger partial charge in [-0.05, 0) is 0 Å². The third-order valence-electron chi connectivity index (χ3n) is 1.61. The maximum atomic E-state index is 12.4. The van der Waals surface area contributed by atoms with Gasteiger partial charge < -0.3 is 5.11 Å². The lowest BCUT2D eigenvalue weighted by atomic mass is 10.1. The number of aldehydes is 1. The second kappa shape index (κ2) is 3.95. The van der Waals surface area contributed by atoms with Gasteiger partial charge >= 0.3 is 5.69 Å². The third-order valence-corrected chi connectivity index (χ3v) is 1.61. The van der Waals surface area contributed by atoms with Crippen molar-refractivity contribution in [2.75, 3.05) is 0 Å². The van der Waals surface area contributed by atoms with Gasteiger partial charge in [-0.1, -0.05) is 0 Å². The van der Waals surface area contributed by atoms with Crippen molar-refractivity contribution < 1.29 is 23.6 Å². The number of nitrogens with zero attached hydrogens (tertiary/aromatic N) is 2. The van der Waals surface area contributed by atoms with Crippen molar-refractivity contribution in [3.63, 3.8) is 0 Å². The lowest BCUT2D eigenvalue weighted by Gasteiger charge is -2.04. The number of aromatic hydroxyl groups is 1. The molecular formula is C7H4F2N2O4. The Kier molecular flexibility index (Phi) is 2.88. The molecule has 1 aromatic heterocycles. The minimum absolute atomic E-state index is 0.0338. The summed E-state index contributed by atoms with van der Waals surface area (Å²) in [6.07, 6.45) is -2.72. The molecule has 80 valence electrons. The Morgan fingerprint density at radius 2 is 2.20 bits per heavy atom. The highest BCUT2D eigenvalue weighted by Gasteiger charge is 2.30. The standard InChI is InChI=1S/C7H4F2N2O4/c8-7(9)5-3(2-12)10-1-4(13)6(5)11(14)15/h1-2,7,13H. The van der Waals surface area contributed by atoms with E-state index in [1.165, 1.54) is 0 Å². The van der Waals surface area contributed by atoms with Crippen molar-refractivity contribution in [2.45, 2.75) is 6.43 Å². The van der Waals surface area contributed by atoms with Gasteiger partial charge in [0.15, 0.2) is 6.29 Å². The van der Waals surface area contributed by atoms with E-state index < -0.39 is 34.0 Å². The maximum Gasteiger partial charge on any atom is 0.323 e. The summed E-state index contributed by atoms with van der Waals surface area (Å²) >= 11 is 0. The molecule has 1 heterocycles. The van der Waals surface area contributed by atoms with Gasteiger partial charge in [0.25, 0.3) is 6.43 Å². The Balaban J connectivity index is 3.58. The van der Waals surface area contributed by atoms with E-state index in [2.05, 4.69) is 4.98 Å². The van der Waals surface area contributed by atoms with E-state index in [0.29, 0.717) is 6.20 Å². The average molecular weight is 218 g/mol. The van der Waals surface area contributed by atoms with E-state index in [-0.39, 0.29) is 6.29 Å². The fourth-order valence-corrected chi connectivity index (χ4v) is 1.02. The topological polar surface area (TPSA) is 93.3 Å². The fourth-order valence-electron chi connectivity index (χ4n) is 1.02. The molecule has 0 spiro atoms. The van der Waals surface area contributed by atoms with Crippen LogP contribution in [-0.2, 0) is 0 Å². The van der Waals surface area contributed by atoms with E-state index in [1.807, 2.05) is 0 Å². The molecule has 8 heteroatoms. The van der Waals surface area contributed by atoms with Gasteiger partial charge in [0.1, 0.15) is 11.3 Å². The molecule has 0 fully saturated rings. The molecule has 0 atom stereocenters. The van der Waals surface area contributed by atoms with Crippen LogP contribution in [0.2, 0.25) is 0 Å². The Morgan fingerprint density at radius 1 is 1.60 bits per heavy atom. The maximum absolute atomic E-state index is 12.4. The van der Waals surface area contributed by atoms with Crippen LogP contribution in [0.5, 0.6) is 5.75 Å². The number of nitro groups is 1. The highest BCUT2D eigenvalue weighted by Crippen LogP contribution is 2.36. The minimum Gasteiger partial charge on any atom is -0.501 e. The monoisotopic (exact) mass is 218 g/mol. The smallest absolute Gasteiger partial charge is 0.323 e. The van der Waals surface area contributed by atoms with Crippen molar-refractivity contribution in [2.24, 2.45) is 0 Å². The number of alkyl halides is 2. The van der Waals surface area contributed by atoms with Crippen LogP contribution in [0.3, 0.4) is 0 Å². The first kappa shape index (κ1) is 11.0. The first-order valence-electron chi connectivity index (χ1n) is 3.58. The summed E-state index contributed by atoms with van der Waals surface area (Å²) in [5.74, 6) is -0.999. The predicted octanol–water partition coefficient (Wildman–Crippen LogP) is 1.45. The summed E-state index contributed by atoms with van der Waals surface area (Å²) in [5, 5.41) is 19.4. The van der Waals surface area contributed by atoms with E-state index in [9.17, 15) is 23.7 Å². The Bertz CT molecular complexity index is 422. The summed E-state index contributed by atoms with van der Waals surface area (Å²) in [5.41, 5.74) is -3.12. The number of carbonyl (C=O) groups excluding carboxylic acids is 1. The van der Waals surface area contributed by atoms with Crippen molar-refractivity contribution >= 4 is 12.0 Å². The summed E-state index contributed by atoms with van der Waals surface area (Å²) < 4.78 is 24.8. The number of halogens is 2. The highest BCUT2D eigenvalue weighted by atomic mass is 19.3. The number of rotatable bonds is 3. The van der Waals surface area contributed by atoms with Crippen LogP contribution in [0.1, 0.15) is 22.5 Å². The zero-order valence-corrected chi connectivity index (χ0v) is 7.05. The van der Waals surface area contributed by atoms with Gasteiger partial charge in [-0.2, -0.15) is 0 Å². The molecule has 0 aliphatic heterocycles. The van der Waals surface area contributed by atoms with Gasteiger partial charge in [0.2, 0.25) is 5.75 Å². The summed E-state index contributed by atoms with van der Waals surface area (Å²) in [6, 6.07) is 0. The molecule has 0 aromatic carbocycles. The zero-order chi connectivity index (χ0) is 11.6. The van der Waals surface area contributed by atoms with Crippen LogP contribution in [0.25, 0.3) is 0 Å². The van der Waals surface area contributed by atoms with Crippen LogP contribution in [-0.4, -0.2) is 21.3 Å². The van der Waals surface area contributed by atoms with Gasteiger partial charge in [-0.25, -0.2) is 13.8 Å². The molecule has 1 rings (SSSR count). The van der Waals surface area contributed by atoms with Crippen LogP contribution in [0.15, 0.2) is 6.20 Å². The van der Waals surface area contributed by atoms with Crippen LogP contribution in [0.4, 0.5) is 14.5 Å². The van der Waals surface area contributed by atoms with Gasteiger partial charge in [-0.15, -0.1) is 0 Å². The summed E-state index contributed by atoms with van der Waals surface area (Å²) in [7, 11) is 0. The first-order valence-corrected chi connectivity index (χ1v) is 3.58. The fraction of sp³-hybridized carbons (Fsp3) is 0.143. The molecule has 0 unspecified atom stereocenters. The van der Waals surface area contributed by atoms with E-state index in [0.717, 1.165) is 0 Å². The number of carbonyl (C=O) groups is 1. The van der Waals surface area contributed by atoms with Crippen LogP contribution >= 0.6 is 0 Å². The summed E-state index contributed by atoms with van der Waals surface area (Å²) in [4.78, 5) is 22.7. The van der Waals surface area contributed by atoms with Crippen molar-refractivity contribution in [3.05, 3.63) is 27.6 Å². The number of hydrogen-bond acceptors (Lipinski definition) is 5. The van der Waals surface area contributed by atoms with Crippen molar-refractivity contribution in [1.29, 1.82) is 0 Å². The normalized spacial score (nSPS) is 10.3. The largest absolute Gasteiger partial charge is 0.501 e. The predicted molar refractivity (Wildman–Crippen MR) is 42.9 cm³/mol. The summed E-state index contributed by atoms with van der Waals surface area (Å²) in [6.45, 7) is 0. The second-order valence-corrected chi connectivity index (χ2v) is 2.47. The molecular weight excluding hydrogens is 214 g/mol. The lowest BCUT2D eigenvalue weighted by molar-refractivity contribution is -0.387. The van der Waals surface area contributed by atoms with Gasteiger partial charge in [0, 0.05) is 0 Å². The molecule has 0 saturated carbocycles. The Hall–Kier alpha value is -2.12. The molecule has 15 heavy (non-hydrogen) atoms. The number of pyridine rings is 1. The first-order chi connectivity index (χ1) is 6.99. The van der Waals surface area contributed by atoms with Gasteiger partial charge in [-0.3, -0.25) is 14.9 Å². The molecule has 0 saturated heterocycles. The molecule has 0 bridgehead atoms. The molecule has 1 N–H and O–H groups in total. The molecule has 0 aliphatic carbocycles. The van der Waals surface area contributed by atoms with Crippen molar-refractivity contribution in [3.8, 4) is 5.75 Å². The van der Waals surface area contributed by atoms with Crippen LogP contribution in [0, 0.1) is 10.1 Å². The molecule has 1 aromatic rings. The van der Waals surface area contributed by atoms with Gasteiger partial charge in [0.05, 0.1) is 11.1 Å². The molecule has 6 nitrogen and oxygen atoms in total. The number of aromatic nitrogens is 1. The SMILES string of the molecule is O=Cc1ncc(O)c([N+](=O)[O-])c1C(F)F. The minimum atomic E-state index is -3.26. The highest BCUT2D eigenvalue weighted by molar-refractivity contribution is 5.78. The quantitative estimate of drug-likeness (QED) is 0.470. The Morgan fingerprint density at radius 3 is 2.60 bits per heavy atom.